The maximum Gasteiger partial charge on any atom is 0.331 e. The van der Waals surface area contributed by atoms with E-state index in [-0.39, 0.29) is 18.6 Å². The first-order valence-electron chi connectivity index (χ1n) is 4.62. The van der Waals surface area contributed by atoms with Gasteiger partial charge in [0.05, 0.1) is 12.8 Å². The molecule has 0 aromatic carbocycles. The van der Waals surface area contributed by atoms with Crippen molar-refractivity contribution in [3.8, 4) is 0 Å². The van der Waals surface area contributed by atoms with Crippen LogP contribution in [0.25, 0.3) is 10.4 Å². The normalized spacial score (nSPS) is 12.8. The van der Waals surface area contributed by atoms with E-state index >= 15 is 0 Å². The highest BCUT2D eigenvalue weighted by atomic mass is 16.1. The van der Waals surface area contributed by atoms with Crippen LogP contribution in [0.4, 0.5) is 0 Å². The first-order chi connectivity index (χ1) is 7.38. The van der Waals surface area contributed by atoms with Crippen molar-refractivity contribution in [3.63, 3.8) is 0 Å². The van der Waals surface area contributed by atoms with E-state index in [1.807, 2.05) is 0 Å². The zero-order valence-corrected chi connectivity index (χ0v) is 9.36. The largest absolute Gasteiger partial charge is 0.361 e. The number of hydrogen-bond acceptors (Lipinski definition) is 2. The lowest BCUT2D eigenvalue weighted by Gasteiger charge is -2.15. The fourth-order valence-electron chi connectivity index (χ4n) is 1.45. The van der Waals surface area contributed by atoms with Crippen molar-refractivity contribution >= 4 is 17.8 Å². The summed E-state index contributed by atoms with van der Waals surface area (Å²) >= 11 is 0. The molecule has 0 aliphatic carbocycles. The molecule has 0 aliphatic rings. The zero-order valence-electron chi connectivity index (χ0n) is 9.36. The Kier molecular flexibility index (Phi) is 5.00. The van der Waals surface area contributed by atoms with Gasteiger partial charge in [0.25, 0.3) is 0 Å². The number of nitrogens with zero attached hydrogens (tertiary/aromatic N) is 3. The van der Waals surface area contributed by atoms with Gasteiger partial charge in [0.2, 0.25) is 0 Å². The second kappa shape index (κ2) is 5.74. The van der Waals surface area contributed by atoms with Gasteiger partial charge in [-0.05, 0) is 13.8 Å². The van der Waals surface area contributed by atoms with Gasteiger partial charge in [-0.2, -0.15) is 4.79 Å². The molecule has 0 radical (unpaired) electrons. The lowest BCUT2D eigenvalue weighted by Crippen LogP contribution is -2.38. The Bertz CT molecular complexity index is 395. The van der Waals surface area contributed by atoms with Crippen molar-refractivity contribution in [2.75, 3.05) is 0 Å². The van der Waals surface area contributed by atoms with Crippen molar-refractivity contribution in [2.24, 2.45) is 0 Å². The van der Waals surface area contributed by atoms with Crippen LogP contribution in [-0.2, 0) is 9.59 Å². The Morgan fingerprint density at radius 2 is 2.00 bits per heavy atom. The SMILES string of the molecule is [C-]#[N+][C@](CC(=C)C)(CC(C)=O)C(=O)C=[N+]=[N-]. The summed E-state index contributed by atoms with van der Waals surface area (Å²) in [6.07, 6.45) is 0.541. The van der Waals surface area contributed by atoms with Gasteiger partial charge in [-0.15, -0.1) is 0 Å². The van der Waals surface area contributed by atoms with E-state index in [1.54, 1.807) is 6.92 Å². The molecule has 0 fully saturated rings. The van der Waals surface area contributed by atoms with Crippen molar-refractivity contribution in [2.45, 2.75) is 32.2 Å². The number of carbonyl (C=O) groups is 2. The minimum Gasteiger partial charge on any atom is -0.361 e. The molecule has 0 heterocycles. The van der Waals surface area contributed by atoms with Crippen LogP contribution in [0.15, 0.2) is 12.2 Å². The molecular weight excluding hydrogens is 206 g/mol. The summed E-state index contributed by atoms with van der Waals surface area (Å²) in [4.78, 5) is 28.6. The van der Waals surface area contributed by atoms with Crippen LogP contribution in [0.2, 0.25) is 0 Å². The first kappa shape index (κ1) is 13.9. The van der Waals surface area contributed by atoms with Crippen LogP contribution >= 0.6 is 0 Å². The third-order valence-electron chi connectivity index (χ3n) is 1.98. The van der Waals surface area contributed by atoms with E-state index < -0.39 is 11.3 Å². The first-order valence-corrected chi connectivity index (χ1v) is 4.62. The second-order valence-electron chi connectivity index (χ2n) is 3.76. The molecule has 0 spiro atoms. The van der Waals surface area contributed by atoms with Gasteiger partial charge in [-0.25, -0.2) is 6.57 Å². The van der Waals surface area contributed by atoms with E-state index in [2.05, 4.69) is 16.2 Å². The summed E-state index contributed by atoms with van der Waals surface area (Å²) in [5.41, 5.74) is 7.41. The Morgan fingerprint density at radius 3 is 2.31 bits per heavy atom. The number of Topliss-reactive ketones (excluding diaryl/α,β-unsaturated/α-hetero) is 2. The smallest absolute Gasteiger partial charge is 0.331 e. The van der Waals surface area contributed by atoms with Crippen molar-refractivity contribution < 1.29 is 14.4 Å². The minimum absolute atomic E-state index is 0.0843. The Labute approximate surface area is 94.2 Å². The quantitative estimate of drug-likeness (QED) is 0.223. The summed E-state index contributed by atoms with van der Waals surface area (Å²) < 4.78 is 0. The second-order valence-corrected chi connectivity index (χ2v) is 3.76. The van der Waals surface area contributed by atoms with Crippen molar-refractivity contribution in [1.82, 2.24) is 0 Å². The van der Waals surface area contributed by atoms with Crippen molar-refractivity contribution in [1.29, 1.82) is 0 Å². The van der Waals surface area contributed by atoms with E-state index in [0.29, 0.717) is 11.8 Å². The predicted octanol–water partition coefficient (Wildman–Crippen LogP) is 1.46. The highest BCUT2D eigenvalue weighted by molar-refractivity contribution is 6.31. The van der Waals surface area contributed by atoms with E-state index in [4.69, 9.17) is 12.1 Å². The summed E-state index contributed by atoms with van der Waals surface area (Å²) in [7, 11) is 0. The molecule has 0 amide bonds. The van der Waals surface area contributed by atoms with Gasteiger partial charge in [-0.3, -0.25) is 9.59 Å². The fourth-order valence-corrected chi connectivity index (χ4v) is 1.45. The molecule has 0 aliphatic heterocycles. The Morgan fingerprint density at radius 1 is 1.44 bits per heavy atom. The third kappa shape index (κ3) is 3.60. The van der Waals surface area contributed by atoms with Crippen LogP contribution in [-0.4, -0.2) is 28.1 Å². The highest BCUT2D eigenvalue weighted by Crippen LogP contribution is 2.25. The summed E-state index contributed by atoms with van der Waals surface area (Å²) in [5, 5.41) is 0. The van der Waals surface area contributed by atoms with Gasteiger partial charge in [0.15, 0.2) is 0 Å². The molecule has 0 aromatic rings. The summed E-state index contributed by atoms with van der Waals surface area (Å²) in [5.74, 6) is -0.944. The van der Waals surface area contributed by atoms with Gasteiger partial charge in [0.1, 0.15) is 5.78 Å². The lowest BCUT2D eigenvalue weighted by atomic mass is 9.84. The number of ketones is 2. The molecule has 0 saturated heterocycles. The molecule has 84 valence electrons. The number of rotatable bonds is 6. The molecule has 16 heavy (non-hydrogen) atoms. The lowest BCUT2D eigenvalue weighted by molar-refractivity contribution is -0.124. The molecule has 5 nitrogen and oxygen atoms in total. The van der Waals surface area contributed by atoms with Gasteiger partial charge < -0.3 is 10.4 Å². The van der Waals surface area contributed by atoms with Gasteiger partial charge in [0, 0.05) is 0 Å². The maximum absolute atomic E-state index is 11.7. The zero-order chi connectivity index (χ0) is 12.8. The van der Waals surface area contributed by atoms with E-state index in [0.717, 1.165) is 0 Å². The molecule has 0 rings (SSSR count). The Balaban J connectivity index is 5.36. The summed E-state index contributed by atoms with van der Waals surface area (Å²) in [6, 6.07) is 0. The van der Waals surface area contributed by atoms with Gasteiger partial charge in [-0.1, -0.05) is 12.2 Å². The third-order valence-corrected chi connectivity index (χ3v) is 1.98. The van der Waals surface area contributed by atoms with Crippen molar-refractivity contribution in [3.05, 3.63) is 29.1 Å². The van der Waals surface area contributed by atoms with Crippen LogP contribution < -0.4 is 0 Å². The predicted molar refractivity (Wildman–Crippen MR) is 58.8 cm³/mol. The molecule has 0 aromatic heterocycles. The molecule has 0 saturated carbocycles. The molecule has 1 atom stereocenters. The van der Waals surface area contributed by atoms with Crippen LogP contribution in [0.1, 0.15) is 26.7 Å². The average Bonchev–Trinajstić information content (AvgIpc) is 2.15. The average molecular weight is 219 g/mol. The van der Waals surface area contributed by atoms with E-state index in [1.165, 1.54) is 6.92 Å². The van der Waals surface area contributed by atoms with E-state index in [9.17, 15) is 9.59 Å². The molecule has 5 heteroatoms. The molecule has 0 N–H and O–H groups in total. The standard InChI is InChI=1S/C11H13N3O2/c1-8(2)5-11(13-4,6-9(3)15)10(16)7-14-12/h7H,1,5-6H2,2-3H3/t11-/m1/s1. The minimum atomic E-state index is -1.51. The number of hydrogen-bond donors (Lipinski definition) is 0. The topological polar surface area (TPSA) is 74.9 Å². The van der Waals surface area contributed by atoms with Crippen LogP contribution in [0, 0.1) is 6.57 Å². The highest BCUT2D eigenvalue weighted by Gasteiger charge is 2.47. The molecule has 0 bridgehead atoms. The van der Waals surface area contributed by atoms with Gasteiger partial charge >= 0.3 is 17.5 Å². The number of carbonyl (C=O) groups excluding carboxylic acids is 2. The molecule has 0 unspecified atom stereocenters. The fraction of sp³-hybridized carbons (Fsp3) is 0.455. The maximum atomic E-state index is 11.7. The monoisotopic (exact) mass is 219 g/mol. The van der Waals surface area contributed by atoms with Crippen LogP contribution in [0.3, 0.4) is 0 Å². The molecular formula is C11H13N3O2. The Hall–Kier alpha value is -2.05. The van der Waals surface area contributed by atoms with Crippen LogP contribution in [0.5, 0.6) is 0 Å². The summed E-state index contributed by atoms with van der Waals surface area (Å²) in [6.45, 7) is 13.7.